The molecule has 0 fully saturated rings. The van der Waals surface area contributed by atoms with Crippen LogP contribution in [-0.2, 0) is 5.60 Å². The summed E-state index contributed by atoms with van der Waals surface area (Å²) in [5.41, 5.74) is 4.45. The lowest BCUT2D eigenvalue weighted by atomic mass is 9.84. The van der Waals surface area contributed by atoms with Crippen molar-refractivity contribution < 1.29 is 5.11 Å². The van der Waals surface area contributed by atoms with Crippen LogP contribution < -0.4 is 0 Å². The van der Waals surface area contributed by atoms with Crippen LogP contribution in [0.2, 0.25) is 0 Å². The van der Waals surface area contributed by atoms with Gasteiger partial charge in [-0.15, -0.1) is 0 Å². The summed E-state index contributed by atoms with van der Waals surface area (Å²) in [7, 11) is 0. The summed E-state index contributed by atoms with van der Waals surface area (Å²) < 4.78 is 0. The van der Waals surface area contributed by atoms with Crippen molar-refractivity contribution in [1.82, 2.24) is 0 Å². The summed E-state index contributed by atoms with van der Waals surface area (Å²) in [6, 6.07) is 14.2. The van der Waals surface area contributed by atoms with E-state index in [0.29, 0.717) is 0 Å². The van der Waals surface area contributed by atoms with Crippen molar-refractivity contribution >= 4 is 0 Å². The van der Waals surface area contributed by atoms with E-state index in [4.69, 9.17) is 0 Å². The Balaban J connectivity index is 2.57. The van der Waals surface area contributed by atoms with Crippen molar-refractivity contribution in [2.75, 3.05) is 0 Å². The van der Waals surface area contributed by atoms with E-state index in [9.17, 15) is 5.11 Å². The molecule has 0 radical (unpaired) electrons. The third kappa shape index (κ3) is 2.32. The Morgan fingerprint density at radius 3 is 2.00 bits per heavy atom. The molecule has 94 valence electrons. The highest BCUT2D eigenvalue weighted by molar-refractivity contribution is 5.42. The zero-order valence-electron chi connectivity index (χ0n) is 11.5. The SMILES string of the molecule is Cc1cc(C)cc(C(C)(O)c2ccccc2C)c1. The lowest BCUT2D eigenvalue weighted by Crippen LogP contribution is -2.24. The second kappa shape index (κ2) is 4.58. The molecule has 2 rings (SSSR count). The fourth-order valence-electron chi connectivity index (χ4n) is 2.53. The minimum Gasteiger partial charge on any atom is -0.381 e. The molecule has 1 nitrogen and oxygen atoms in total. The molecule has 0 amide bonds. The minimum absolute atomic E-state index is 0.942. The van der Waals surface area contributed by atoms with E-state index in [-0.39, 0.29) is 0 Å². The first-order chi connectivity index (χ1) is 8.41. The third-order valence-corrected chi connectivity index (χ3v) is 3.45. The Morgan fingerprint density at radius 1 is 0.889 bits per heavy atom. The first-order valence-corrected chi connectivity index (χ1v) is 6.28. The molecule has 2 aromatic carbocycles. The van der Waals surface area contributed by atoms with Crippen LogP contribution in [0.4, 0.5) is 0 Å². The lowest BCUT2D eigenvalue weighted by molar-refractivity contribution is 0.101. The van der Waals surface area contributed by atoms with Crippen LogP contribution in [0.25, 0.3) is 0 Å². The molecule has 0 aliphatic heterocycles. The first-order valence-electron chi connectivity index (χ1n) is 6.28. The van der Waals surface area contributed by atoms with Crippen molar-refractivity contribution in [2.45, 2.75) is 33.3 Å². The molecule has 18 heavy (non-hydrogen) atoms. The maximum absolute atomic E-state index is 10.9. The van der Waals surface area contributed by atoms with Gasteiger partial charge in [-0.1, -0.05) is 53.6 Å². The molecule has 0 spiro atoms. The maximum Gasteiger partial charge on any atom is 0.112 e. The Kier molecular flexibility index (Phi) is 3.27. The molecule has 0 aliphatic carbocycles. The maximum atomic E-state index is 10.9. The summed E-state index contributed by atoms with van der Waals surface area (Å²) in [4.78, 5) is 0. The van der Waals surface area contributed by atoms with Gasteiger partial charge in [0.25, 0.3) is 0 Å². The molecular weight excluding hydrogens is 220 g/mol. The van der Waals surface area contributed by atoms with E-state index in [1.807, 2.05) is 38.1 Å². The smallest absolute Gasteiger partial charge is 0.112 e. The van der Waals surface area contributed by atoms with Crippen molar-refractivity contribution in [3.8, 4) is 0 Å². The third-order valence-electron chi connectivity index (χ3n) is 3.45. The Hall–Kier alpha value is -1.60. The van der Waals surface area contributed by atoms with Gasteiger partial charge in [0.15, 0.2) is 0 Å². The van der Waals surface area contributed by atoms with Crippen molar-refractivity contribution in [1.29, 1.82) is 0 Å². The van der Waals surface area contributed by atoms with Crippen molar-refractivity contribution in [2.24, 2.45) is 0 Å². The minimum atomic E-state index is -0.942. The fraction of sp³-hybridized carbons (Fsp3) is 0.294. The normalized spacial score (nSPS) is 14.3. The number of hydrogen-bond donors (Lipinski definition) is 1. The van der Waals surface area contributed by atoms with Gasteiger partial charge in [0.2, 0.25) is 0 Å². The van der Waals surface area contributed by atoms with E-state index in [1.165, 1.54) is 11.1 Å². The first kappa shape index (κ1) is 12.8. The van der Waals surface area contributed by atoms with Crippen LogP contribution >= 0.6 is 0 Å². The molecule has 2 aromatic rings. The highest BCUT2D eigenvalue weighted by Gasteiger charge is 2.27. The summed E-state index contributed by atoms with van der Waals surface area (Å²) in [5, 5.41) is 10.9. The standard InChI is InChI=1S/C17H20O/c1-12-9-13(2)11-15(10-12)17(4,18)16-8-6-5-7-14(16)3/h5-11,18H,1-4H3. The topological polar surface area (TPSA) is 20.2 Å². The number of rotatable bonds is 2. The monoisotopic (exact) mass is 240 g/mol. The summed E-state index contributed by atoms with van der Waals surface area (Å²) in [5.74, 6) is 0. The predicted octanol–water partition coefficient (Wildman–Crippen LogP) is 3.87. The summed E-state index contributed by atoms with van der Waals surface area (Å²) in [6.07, 6.45) is 0. The molecular formula is C17H20O. The van der Waals surface area contributed by atoms with Gasteiger partial charge in [-0.3, -0.25) is 0 Å². The van der Waals surface area contributed by atoms with Crippen LogP contribution in [0.15, 0.2) is 42.5 Å². The van der Waals surface area contributed by atoms with Gasteiger partial charge >= 0.3 is 0 Å². The largest absolute Gasteiger partial charge is 0.381 e. The molecule has 0 heterocycles. The van der Waals surface area contributed by atoms with Crippen LogP contribution in [0.1, 0.15) is 34.7 Å². The number of benzene rings is 2. The zero-order chi connectivity index (χ0) is 13.3. The van der Waals surface area contributed by atoms with Gasteiger partial charge in [-0.05, 0) is 44.4 Å². The van der Waals surface area contributed by atoms with E-state index < -0.39 is 5.60 Å². The Labute approximate surface area is 109 Å². The van der Waals surface area contributed by atoms with Crippen molar-refractivity contribution in [3.05, 3.63) is 70.3 Å². The van der Waals surface area contributed by atoms with Gasteiger partial charge in [0.05, 0.1) is 0 Å². The van der Waals surface area contributed by atoms with Gasteiger partial charge in [0.1, 0.15) is 5.60 Å². The molecule has 1 N–H and O–H groups in total. The van der Waals surface area contributed by atoms with Crippen molar-refractivity contribution in [3.63, 3.8) is 0 Å². The molecule has 0 saturated carbocycles. The van der Waals surface area contributed by atoms with E-state index in [0.717, 1.165) is 16.7 Å². The second-order valence-electron chi connectivity index (χ2n) is 5.26. The fourth-order valence-corrected chi connectivity index (χ4v) is 2.53. The molecule has 0 aromatic heterocycles. The molecule has 1 unspecified atom stereocenters. The second-order valence-corrected chi connectivity index (χ2v) is 5.26. The van der Waals surface area contributed by atoms with Crippen LogP contribution in [-0.4, -0.2) is 5.11 Å². The van der Waals surface area contributed by atoms with Gasteiger partial charge in [-0.25, -0.2) is 0 Å². The average Bonchev–Trinajstić information content (AvgIpc) is 2.28. The molecule has 1 heteroatoms. The Morgan fingerprint density at radius 2 is 1.44 bits per heavy atom. The van der Waals surface area contributed by atoms with Crippen LogP contribution in [0, 0.1) is 20.8 Å². The van der Waals surface area contributed by atoms with E-state index in [1.54, 1.807) is 0 Å². The van der Waals surface area contributed by atoms with Gasteiger partial charge in [-0.2, -0.15) is 0 Å². The highest BCUT2D eigenvalue weighted by Crippen LogP contribution is 2.32. The number of hydrogen-bond acceptors (Lipinski definition) is 1. The van der Waals surface area contributed by atoms with Gasteiger partial charge in [0, 0.05) is 0 Å². The molecule has 0 aliphatic rings. The zero-order valence-corrected chi connectivity index (χ0v) is 11.5. The van der Waals surface area contributed by atoms with Crippen LogP contribution in [0.3, 0.4) is 0 Å². The molecule has 0 saturated heterocycles. The Bertz CT molecular complexity index is 547. The number of aliphatic hydroxyl groups is 1. The average molecular weight is 240 g/mol. The van der Waals surface area contributed by atoms with Crippen LogP contribution in [0.5, 0.6) is 0 Å². The van der Waals surface area contributed by atoms with Gasteiger partial charge < -0.3 is 5.11 Å². The molecule has 1 atom stereocenters. The summed E-state index contributed by atoms with van der Waals surface area (Å²) >= 11 is 0. The summed E-state index contributed by atoms with van der Waals surface area (Å²) in [6.45, 7) is 8.02. The predicted molar refractivity (Wildman–Crippen MR) is 75.8 cm³/mol. The molecule has 0 bridgehead atoms. The highest BCUT2D eigenvalue weighted by atomic mass is 16.3. The van der Waals surface area contributed by atoms with E-state index in [2.05, 4.69) is 32.0 Å². The number of aryl methyl sites for hydroxylation is 3. The quantitative estimate of drug-likeness (QED) is 0.845. The van der Waals surface area contributed by atoms with E-state index >= 15 is 0 Å². The lowest BCUT2D eigenvalue weighted by Gasteiger charge is -2.27.